The number of anilines is 1. The van der Waals surface area contributed by atoms with Crippen LogP contribution in [0.1, 0.15) is 29.3 Å². The number of nitrogens with one attached hydrogen (secondary N) is 2. The number of ether oxygens (including phenoxy) is 1. The van der Waals surface area contributed by atoms with Gasteiger partial charge in [-0.1, -0.05) is 36.4 Å². The smallest absolute Gasteiger partial charge is 0.123 e. The Kier molecular flexibility index (Phi) is 6.50. The topological polar surface area (TPSA) is 96.2 Å². The number of benzene rings is 2. The maximum atomic E-state index is 9.52. The van der Waals surface area contributed by atoms with Gasteiger partial charge in [0.05, 0.1) is 12.3 Å². The highest BCUT2D eigenvalue weighted by Crippen LogP contribution is 2.25. The van der Waals surface area contributed by atoms with Gasteiger partial charge in [0.1, 0.15) is 18.2 Å². The molecule has 0 aliphatic rings. The van der Waals surface area contributed by atoms with E-state index in [1.807, 2.05) is 30.3 Å². The minimum absolute atomic E-state index is 0.0487. The van der Waals surface area contributed by atoms with Crippen molar-refractivity contribution in [3.63, 3.8) is 0 Å². The Morgan fingerprint density at radius 2 is 1.94 bits per heavy atom. The molecule has 0 unspecified atom stereocenters. The van der Waals surface area contributed by atoms with Gasteiger partial charge in [-0.15, -0.1) is 0 Å². The van der Waals surface area contributed by atoms with Crippen molar-refractivity contribution in [1.29, 1.82) is 0 Å². The average molecular weight is 417 g/mol. The summed E-state index contributed by atoms with van der Waals surface area (Å²) in [7, 11) is 0. The summed E-state index contributed by atoms with van der Waals surface area (Å²) in [6, 6.07) is 20.1. The van der Waals surface area contributed by atoms with E-state index in [0.29, 0.717) is 19.0 Å². The highest BCUT2D eigenvalue weighted by Gasteiger charge is 2.11. The maximum Gasteiger partial charge on any atom is 0.123 e. The molecular formula is C25H28N4O2. The fourth-order valence-corrected chi connectivity index (χ4v) is 3.67. The lowest BCUT2D eigenvalue weighted by Gasteiger charge is -2.15. The molecule has 1 atom stereocenters. The largest absolute Gasteiger partial charge is 0.489 e. The van der Waals surface area contributed by atoms with E-state index in [1.54, 1.807) is 6.07 Å². The Balaban J connectivity index is 1.41. The van der Waals surface area contributed by atoms with Crippen molar-refractivity contribution < 1.29 is 9.84 Å². The lowest BCUT2D eigenvalue weighted by Crippen LogP contribution is -2.28. The molecule has 0 fully saturated rings. The first-order chi connectivity index (χ1) is 15.1. The fourth-order valence-electron chi connectivity index (χ4n) is 3.67. The van der Waals surface area contributed by atoms with Gasteiger partial charge in [0.2, 0.25) is 0 Å². The average Bonchev–Trinajstić information content (AvgIpc) is 3.19. The van der Waals surface area contributed by atoms with E-state index in [4.69, 9.17) is 10.5 Å². The quantitative estimate of drug-likeness (QED) is 0.331. The highest BCUT2D eigenvalue weighted by molar-refractivity contribution is 5.84. The van der Waals surface area contributed by atoms with E-state index < -0.39 is 0 Å². The third-order valence-electron chi connectivity index (χ3n) is 5.39. The van der Waals surface area contributed by atoms with Crippen LogP contribution in [0.5, 0.6) is 5.75 Å². The molecular weight excluding hydrogens is 388 g/mol. The van der Waals surface area contributed by atoms with E-state index in [-0.39, 0.29) is 12.6 Å². The zero-order valence-corrected chi connectivity index (χ0v) is 17.6. The normalized spacial score (nSPS) is 12.2. The van der Waals surface area contributed by atoms with Gasteiger partial charge in [-0.25, -0.2) is 4.98 Å². The highest BCUT2D eigenvalue weighted by atomic mass is 16.5. The molecule has 6 nitrogen and oxygen atoms in total. The molecule has 0 saturated carbocycles. The van der Waals surface area contributed by atoms with Gasteiger partial charge in [0.15, 0.2) is 0 Å². The molecule has 6 heteroatoms. The zero-order valence-electron chi connectivity index (χ0n) is 17.6. The lowest BCUT2D eigenvalue weighted by molar-refractivity contribution is 0.279. The summed E-state index contributed by atoms with van der Waals surface area (Å²) in [6.45, 7) is 3.19. The number of nitrogen functional groups attached to an aromatic ring is 1. The van der Waals surface area contributed by atoms with Crippen molar-refractivity contribution in [3.05, 3.63) is 89.2 Å². The van der Waals surface area contributed by atoms with Crippen LogP contribution in [0.4, 0.5) is 5.82 Å². The monoisotopic (exact) mass is 416 g/mol. The number of nitrogens with zero attached hydrogens (tertiary/aromatic N) is 1. The molecule has 160 valence electrons. The summed E-state index contributed by atoms with van der Waals surface area (Å²) in [6.07, 6.45) is 2.90. The van der Waals surface area contributed by atoms with Crippen LogP contribution in [0, 0.1) is 0 Å². The summed E-state index contributed by atoms with van der Waals surface area (Å²) in [4.78, 5) is 7.70. The van der Waals surface area contributed by atoms with Gasteiger partial charge < -0.3 is 25.9 Å². The van der Waals surface area contributed by atoms with Crippen molar-refractivity contribution in [1.82, 2.24) is 15.3 Å². The number of fused-ring (bicyclic) bond motifs is 1. The minimum Gasteiger partial charge on any atom is -0.489 e. The number of aromatic nitrogens is 2. The van der Waals surface area contributed by atoms with Crippen molar-refractivity contribution >= 4 is 16.7 Å². The van der Waals surface area contributed by atoms with E-state index in [9.17, 15) is 5.11 Å². The van der Waals surface area contributed by atoms with Crippen LogP contribution in [0.2, 0.25) is 0 Å². The molecule has 2 heterocycles. The van der Waals surface area contributed by atoms with Crippen molar-refractivity contribution in [3.8, 4) is 5.75 Å². The first kappa shape index (κ1) is 20.9. The van der Waals surface area contributed by atoms with Crippen LogP contribution in [0.25, 0.3) is 10.9 Å². The number of H-pyrrole nitrogens is 1. The molecule has 5 N–H and O–H groups in total. The third kappa shape index (κ3) is 5.23. The van der Waals surface area contributed by atoms with Gasteiger partial charge >= 0.3 is 0 Å². The number of hydrogen-bond donors (Lipinski definition) is 4. The number of aromatic amines is 1. The molecule has 0 saturated heterocycles. The molecule has 2 aromatic heterocycles. The fraction of sp³-hybridized carbons (Fsp3) is 0.240. The van der Waals surface area contributed by atoms with Crippen molar-refractivity contribution in [2.75, 3.05) is 5.73 Å². The zero-order chi connectivity index (χ0) is 21.6. The molecule has 0 bridgehead atoms. The van der Waals surface area contributed by atoms with E-state index in [2.05, 4.69) is 52.7 Å². The number of aliphatic hydroxyl groups is 1. The number of pyridine rings is 1. The molecule has 0 radical (unpaired) electrons. The lowest BCUT2D eigenvalue weighted by atomic mass is 10.1. The SMILES string of the molecule is C[C@@H](Cc1c[nH]c2ccc(OCc3ccccc3)cc12)NCc1nc(N)ccc1CO. The predicted molar refractivity (Wildman–Crippen MR) is 124 cm³/mol. The summed E-state index contributed by atoms with van der Waals surface area (Å²) in [5.74, 6) is 1.32. The molecule has 0 spiro atoms. The standard InChI is InChI=1S/C25H28N4O2/c1-17(27-14-24-19(15-30)7-10-25(26)29-24)11-20-13-28-23-9-8-21(12-22(20)23)31-16-18-5-3-2-4-6-18/h2-10,12-13,17,27-28,30H,11,14-16H2,1H3,(H2,26,29)/t17-/m0/s1. The summed E-state index contributed by atoms with van der Waals surface area (Å²) < 4.78 is 6.00. The number of rotatable bonds is 9. The van der Waals surface area contributed by atoms with Crippen LogP contribution in [0.3, 0.4) is 0 Å². The van der Waals surface area contributed by atoms with Crippen LogP contribution < -0.4 is 15.8 Å². The van der Waals surface area contributed by atoms with Crippen LogP contribution in [-0.4, -0.2) is 21.1 Å². The molecule has 0 amide bonds. The van der Waals surface area contributed by atoms with Crippen LogP contribution in [0.15, 0.2) is 66.9 Å². The Labute approximate surface area is 182 Å². The number of aliphatic hydroxyl groups excluding tert-OH is 1. The van der Waals surface area contributed by atoms with Crippen LogP contribution in [-0.2, 0) is 26.2 Å². The Morgan fingerprint density at radius 1 is 1.10 bits per heavy atom. The second kappa shape index (κ2) is 9.64. The van der Waals surface area contributed by atoms with Crippen LogP contribution >= 0.6 is 0 Å². The second-order valence-electron chi connectivity index (χ2n) is 7.78. The Morgan fingerprint density at radius 3 is 2.74 bits per heavy atom. The van der Waals surface area contributed by atoms with E-state index in [1.165, 1.54) is 5.56 Å². The predicted octanol–water partition coefficient (Wildman–Crippen LogP) is 3.94. The van der Waals surface area contributed by atoms with Gasteiger partial charge in [-0.2, -0.15) is 0 Å². The van der Waals surface area contributed by atoms with Crippen molar-refractivity contribution in [2.24, 2.45) is 0 Å². The molecule has 4 aromatic rings. The molecule has 4 rings (SSSR count). The molecule has 2 aromatic carbocycles. The molecule has 31 heavy (non-hydrogen) atoms. The van der Waals surface area contributed by atoms with Gasteiger partial charge in [0.25, 0.3) is 0 Å². The number of hydrogen-bond acceptors (Lipinski definition) is 5. The Bertz CT molecular complexity index is 1140. The summed E-state index contributed by atoms with van der Waals surface area (Å²) in [5, 5.41) is 14.2. The Hall–Kier alpha value is -3.35. The molecule has 0 aliphatic heterocycles. The first-order valence-electron chi connectivity index (χ1n) is 10.5. The maximum absolute atomic E-state index is 9.52. The van der Waals surface area contributed by atoms with Crippen molar-refractivity contribution in [2.45, 2.75) is 39.1 Å². The van der Waals surface area contributed by atoms with E-state index in [0.717, 1.165) is 39.9 Å². The number of nitrogens with two attached hydrogens (primary N) is 1. The van der Waals surface area contributed by atoms with Gasteiger partial charge in [-0.3, -0.25) is 0 Å². The van der Waals surface area contributed by atoms with E-state index >= 15 is 0 Å². The van der Waals surface area contributed by atoms with Gasteiger partial charge in [-0.05, 0) is 48.7 Å². The molecule has 0 aliphatic carbocycles. The third-order valence-corrected chi connectivity index (χ3v) is 5.39. The minimum atomic E-state index is -0.0487. The second-order valence-corrected chi connectivity index (χ2v) is 7.78. The summed E-state index contributed by atoms with van der Waals surface area (Å²) >= 11 is 0. The van der Waals surface area contributed by atoms with Gasteiger partial charge in [0, 0.05) is 35.2 Å². The first-order valence-corrected chi connectivity index (χ1v) is 10.5. The summed E-state index contributed by atoms with van der Waals surface area (Å²) in [5.41, 5.74) is 10.8.